The smallest absolute Gasteiger partial charge is 0.272 e. The van der Waals surface area contributed by atoms with E-state index in [4.69, 9.17) is 0 Å². The van der Waals surface area contributed by atoms with Crippen molar-refractivity contribution in [2.75, 3.05) is 0 Å². The molecule has 1 amide bonds. The van der Waals surface area contributed by atoms with Crippen molar-refractivity contribution in [2.24, 2.45) is 0 Å². The second-order valence-corrected chi connectivity index (χ2v) is 7.18. The molecule has 3 aromatic rings. The van der Waals surface area contributed by atoms with Gasteiger partial charge in [0.2, 0.25) is 0 Å². The van der Waals surface area contributed by atoms with Gasteiger partial charge in [-0.05, 0) is 36.1 Å². The Morgan fingerprint density at radius 3 is 2.41 bits per heavy atom. The summed E-state index contributed by atoms with van der Waals surface area (Å²) < 4.78 is 0. The van der Waals surface area contributed by atoms with Crippen LogP contribution in [0.3, 0.4) is 0 Å². The third-order valence-electron chi connectivity index (χ3n) is 5.35. The van der Waals surface area contributed by atoms with Gasteiger partial charge in [0.15, 0.2) is 5.69 Å². The fraction of sp³-hybridized carbons (Fsp3) is 0.238. The highest BCUT2D eigenvalue weighted by atomic mass is 16.2. The Labute approximate surface area is 156 Å². The van der Waals surface area contributed by atoms with Gasteiger partial charge >= 0.3 is 0 Å². The topological polar surface area (TPSA) is 83.6 Å². The zero-order valence-corrected chi connectivity index (χ0v) is 14.7. The summed E-state index contributed by atoms with van der Waals surface area (Å²) in [5.74, 6) is -0.102. The number of allylic oxidation sites excluding steroid dienone is 1. The van der Waals surface area contributed by atoms with Crippen LogP contribution in [0.25, 0.3) is 6.08 Å². The van der Waals surface area contributed by atoms with Crippen LogP contribution >= 0.6 is 0 Å². The Balaban J connectivity index is 1.58. The molecule has 0 atom stereocenters. The van der Waals surface area contributed by atoms with Crippen LogP contribution in [-0.2, 0) is 11.8 Å². The molecule has 2 aliphatic rings. The molecule has 0 aliphatic heterocycles. The van der Waals surface area contributed by atoms with Crippen LogP contribution in [0.15, 0.2) is 55.1 Å². The number of fused-ring (bicyclic) bond motifs is 1. The average molecular weight is 357 g/mol. The number of H-pyrrole nitrogens is 1. The second kappa shape index (κ2) is 6.16. The molecular formula is C21H19N5O. The fourth-order valence-electron chi connectivity index (χ4n) is 3.74. The Morgan fingerprint density at radius 1 is 1.11 bits per heavy atom. The van der Waals surface area contributed by atoms with E-state index in [1.807, 2.05) is 30.6 Å². The van der Waals surface area contributed by atoms with Crippen LogP contribution < -0.4 is 5.32 Å². The first-order valence-corrected chi connectivity index (χ1v) is 9.15. The maximum absolute atomic E-state index is 12.5. The summed E-state index contributed by atoms with van der Waals surface area (Å²) >= 11 is 0. The molecule has 3 aromatic heterocycles. The molecule has 6 heteroatoms. The minimum atomic E-state index is -0.397. The third-order valence-corrected chi connectivity index (χ3v) is 5.35. The summed E-state index contributed by atoms with van der Waals surface area (Å²) in [5, 5.41) is 10.4. The molecule has 27 heavy (non-hydrogen) atoms. The lowest BCUT2D eigenvalue weighted by molar-refractivity contribution is 0.0946. The van der Waals surface area contributed by atoms with E-state index in [2.05, 4.69) is 43.7 Å². The molecule has 2 aliphatic carbocycles. The number of carbonyl (C=O) groups excluding carboxylic acids is 1. The largest absolute Gasteiger partial charge is 0.348 e. The van der Waals surface area contributed by atoms with Crippen LogP contribution in [0.2, 0.25) is 0 Å². The SMILES string of the molecule is O=C(NC1CC1)c1n[nH]c2c1C=CC(c1cccnc1)(c1cccnc1)C2. The fourth-order valence-corrected chi connectivity index (χ4v) is 3.74. The van der Waals surface area contributed by atoms with Crippen molar-refractivity contribution in [3.05, 3.63) is 83.2 Å². The first-order valence-electron chi connectivity index (χ1n) is 9.15. The maximum atomic E-state index is 12.5. The van der Waals surface area contributed by atoms with E-state index in [1.165, 1.54) is 0 Å². The van der Waals surface area contributed by atoms with Crippen molar-refractivity contribution in [1.82, 2.24) is 25.5 Å². The zero-order valence-electron chi connectivity index (χ0n) is 14.7. The molecule has 0 bridgehead atoms. The molecule has 3 heterocycles. The molecule has 0 radical (unpaired) electrons. The minimum Gasteiger partial charge on any atom is -0.348 e. The maximum Gasteiger partial charge on any atom is 0.272 e. The Kier molecular flexibility index (Phi) is 3.63. The Morgan fingerprint density at radius 2 is 1.81 bits per heavy atom. The monoisotopic (exact) mass is 357 g/mol. The van der Waals surface area contributed by atoms with E-state index in [1.54, 1.807) is 12.4 Å². The van der Waals surface area contributed by atoms with Gasteiger partial charge in [-0.15, -0.1) is 0 Å². The van der Waals surface area contributed by atoms with Gasteiger partial charge in [-0.1, -0.05) is 24.3 Å². The van der Waals surface area contributed by atoms with Gasteiger partial charge in [0.05, 0.1) is 0 Å². The predicted molar refractivity (Wildman–Crippen MR) is 101 cm³/mol. The van der Waals surface area contributed by atoms with Crippen LogP contribution in [-0.4, -0.2) is 32.1 Å². The number of rotatable bonds is 4. The standard InChI is InChI=1S/C21H19N5O/c27-20(24-16-5-6-16)19-17-7-8-21(11-18(17)25-26-19,14-3-1-9-22-12-14)15-4-2-10-23-13-15/h1-4,7-10,12-13,16H,5-6,11H2,(H,24,27)(H,25,26). The molecule has 0 aromatic carbocycles. The summed E-state index contributed by atoms with van der Waals surface area (Å²) in [4.78, 5) is 21.1. The van der Waals surface area contributed by atoms with Gasteiger partial charge in [-0.2, -0.15) is 5.10 Å². The second-order valence-electron chi connectivity index (χ2n) is 7.18. The minimum absolute atomic E-state index is 0.102. The van der Waals surface area contributed by atoms with Gasteiger partial charge in [-0.3, -0.25) is 19.9 Å². The highest BCUT2D eigenvalue weighted by Crippen LogP contribution is 2.41. The summed E-state index contributed by atoms with van der Waals surface area (Å²) in [5.41, 5.74) is 4.06. The van der Waals surface area contributed by atoms with Crippen molar-refractivity contribution >= 4 is 12.0 Å². The van der Waals surface area contributed by atoms with Gasteiger partial charge < -0.3 is 5.32 Å². The zero-order chi connectivity index (χ0) is 18.3. The molecule has 134 valence electrons. The van der Waals surface area contributed by atoms with E-state index < -0.39 is 5.41 Å². The van der Waals surface area contributed by atoms with Crippen molar-refractivity contribution in [3.63, 3.8) is 0 Å². The van der Waals surface area contributed by atoms with Gasteiger partial charge in [0, 0.05) is 53.9 Å². The number of nitrogens with zero attached hydrogens (tertiary/aromatic N) is 3. The van der Waals surface area contributed by atoms with E-state index >= 15 is 0 Å². The lowest BCUT2D eigenvalue weighted by Crippen LogP contribution is -2.31. The predicted octanol–water partition coefficient (Wildman–Crippen LogP) is 2.65. The molecule has 2 N–H and O–H groups in total. The Bertz CT molecular complexity index is 966. The van der Waals surface area contributed by atoms with E-state index in [-0.39, 0.29) is 5.91 Å². The van der Waals surface area contributed by atoms with Crippen molar-refractivity contribution < 1.29 is 4.79 Å². The highest BCUT2D eigenvalue weighted by Gasteiger charge is 2.38. The van der Waals surface area contributed by atoms with Crippen LogP contribution in [0.5, 0.6) is 0 Å². The molecule has 5 rings (SSSR count). The van der Waals surface area contributed by atoms with Gasteiger partial charge in [-0.25, -0.2) is 0 Å². The van der Waals surface area contributed by atoms with Crippen molar-refractivity contribution in [3.8, 4) is 0 Å². The first kappa shape index (κ1) is 15.9. The summed E-state index contributed by atoms with van der Waals surface area (Å²) in [6.45, 7) is 0. The van der Waals surface area contributed by atoms with Crippen molar-refractivity contribution in [1.29, 1.82) is 0 Å². The number of pyridine rings is 2. The number of amides is 1. The third kappa shape index (κ3) is 2.73. The summed E-state index contributed by atoms with van der Waals surface area (Å²) in [7, 11) is 0. The number of hydrogen-bond acceptors (Lipinski definition) is 4. The number of carbonyl (C=O) groups is 1. The molecule has 0 saturated heterocycles. The molecule has 0 spiro atoms. The van der Waals surface area contributed by atoms with E-state index in [0.717, 1.165) is 35.2 Å². The van der Waals surface area contributed by atoms with E-state index in [0.29, 0.717) is 18.2 Å². The summed E-state index contributed by atoms with van der Waals surface area (Å²) in [6, 6.07) is 8.34. The average Bonchev–Trinajstić information content (AvgIpc) is 3.44. The molecule has 1 fully saturated rings. The first-order chi connectivity index (χ1) is 13.3. The number of aromatic amines is 1. The summed E-state index contributed by atoms with van der Waals surface area (Å²) in [6.07, 6.45) is 14.2. The normalized spacial score (nSPS) is 17.3. The van der Waals surface area contributed by atoms with Crippen LogP contribution in [0.4, 0.5) is 0 Å². The number of nitrogens with one attached hydrogen (secondary N) is 2. The molecule has 1 saturated carbocycles. The van der Waals surface area contributed by atoms with Crippen LogP contribution in [0, 0.1) is 0 Å². The van der Waals surface area contributed by atoms with Gasteiger partial charge in [0.25, 0.3) is 5.91 Å². The highest BCUT2D eigenvalue weighted by molar-refractivity contribution is 5.97. The molecule has 6 nitrogen and oxygen atoms in total. The number of aromatic nitrogens is 4. The molecular weight excluding hydrogens is 338 g/mol. The number of hydrogen-bond donors (Lipinski definition) is 2. The quantitative estimate of drug-likeness (QED) is 0.752. The lowest BCUT2D eigenvalue weighted by atomic mass is 9.69. The lowest BCUT2D eigenvalue weighted by Gasteiger charge is -2.33. The van der Waals surface area contributed by atoms with E-state index in [9.17, 15) is 4.79 Å². The Hall–Kier alpha value is -3.28. The van der Waals surface area contributed by atoms with Crippen LogP contribution in [0.1, 0.15) is 45.7 Å². The van der Waals surface area contributed by atoms with Gasteiger partial charge in [0.1, 0.15) is 0 Å². The molecule has 0 unspecified atom stereocenters. The van der Waals surface area contributed by atoms with Crippen molar-refractivity contribution in [2.45, 2.75) is 30.7 Å².